The summed E-state index contributed by atoms with van der Waals surface area (Å²) in [6.45, 7) is 7.09. The van der Waals surface area contributed by atoms with Gasteiger partial charge in [0.05, 0.1) is 19.0 Å². The summed E-state index contributed by atoms with van der Waals surface area (Å²) in [6, 6.07) is 16.6. The maximum Gasteiger partial charge on any atom is 0.230 e. The van der Waals surface area contributed by atoms with Gasteiger partial charge in [-0.25, -0.2) is 0 Å². The molecule has 0 unspecified atom stereocenters. The number of thioether (sulfide) groups is 1. The van der Waals surface area contributed by atoms with Crippen molar-refractivity contribution in [1.29, 1.82) is 0 Å². The Labute approximate surface area is 159 Å². The molecule has 0 aromatic heterocycles. The Kier molecular flexibility index (Phi) is 7.12. The van der Waals surface area contributed by atoms with Crippen molar-refractivity contribution in [2.24, 2.45) is 0 Å². The van der Waals surface area contributed by atoms with Crippen molar-refractivity contribution in [1.82, 2.24) is 10.2 Å². The second-order valence-corrected chi connectivity index (χ2v) is 7.58. The smallest absolute Gasteiger partial charge is 0.230 e. The van der Waals surface area contributed by atoms with E-state index in [0.717, 1.165) is 37.7 Å². The molecule has 0 saturated carbocycles. The SMILES string of the molecule is Cc1ccc(SCC(=O)NCc2ccccc2CN2CCOCC2)cc1. The van der Waals surface area contributed by atoms with E-state index in [1.165, 1.54) is 16.7 Å². The summed E-state index contributed by atoms with van der Waals surface area (Å²) in [7, 11) is 0. The molecule has 0 spiro atoms. The van der Waals surface area contributed by atoms with Crippen molar-refractivity contribution in [2.45, 2.75) is 24.9 Å². The van der Waals surface area contributed by atoms with Gasteiger partial charge in [-0.2, -0.15) is 0 Å². The molecular weight excluding hydrogens is 344 g/mol. The van der Waals surface area contributed by atoms with E-state index >= 15 is 0 Å². The number of benzene rings is 2. The van der Waals surface area contributed by atoms with Crippen LogP contribution in [0.25, 0.3) is 0 Å². The van der Waals surface area contributed by atoms with Gasteiger partial charge in [0.2, 0.25) is 5.91 Å². The normalized spacial score (nSPS) is 15.0. The molecule has 1 amide bonds. The van der Waals surface area contributed by atoms with Crippen molar-refractivity contribution in [2.75, 3.05) is 32.1 Å². The number of aryl methyl sites for hydroxylation is 1. The number of nitrogens with one attached hydrogen (secondary N) is 1. The number of ether oxygens (including phenoxy) is 1. The van der Waals surface area contributed by atoms with Crippen LogP contribution in [0, 0.1) is 6.92 Å². The highest BCUT2D eigenvalue weighted by molar-refractivity contribution is 8.00. The van der Waals surface area contributed by atoms with Crippen LogP contribution in [0.2, 0.25) is 0 Å². The molecule has 26 heavy (non-hydrogen) atoms. The van der Waals surface area contributed by atoms with Gasteiger partial charge in [0, 0.05) is 31.1 Å². The number of carbonyl (C=O) groups excluding carboxylic acids is 1. The molecule has 0 bridgehead atoms. The first-order valence-electron chi connectivity index (χ1n) is 9.04. The minimum Gasteiger partial charge on any atom is -0.379 e. The summed E-state index contributed by atoms with van der Waals surface area (Å²) in [5.74, 6) is 0.506. The van der Waals surface area contributed by atoms with Gasteiger partial charge < -0.3 is 10.1 Å². The first-order chi connectivity index (χ1) is 12.7. The first-order valence-corrected chi connectivity index (χ1v) is 10.0. The van der Waals surface area contributed by atoms with E-state index in [-0.39, 0.29) is 5.91 Å². The number of carbonyl (C=O) groups is 1. The predicted molar refractivity (Wildman–Crippen MR) is 106 cm³/mol. The first kappa shape index (κ1) is 19.0. The van der Waals surface area contributed by atoms with Gasteiger partial charge in [-0.15, -0.1) is 11.8 Å². The Morgan fingerprint density at radius 3 is 2.50 bits per heavy atom. The molecule has 4 nitrogen and oxygen atoms in total. The predicted octanol–water partition coefficient (Wildman–Crippen LogP) is 3.24. The lowest BCUT2D eigenvalue weighted by Crippen LogP contribution is -2.36. The van der Waals surface area contributed by atoms with Crippen LogP contribution in [0.1, 0.15) is 16.7 Å². The van der Waals surface area contributed by atoms with Gasteiger partial charge in [-0.05, 0) is 30.2 Å². The summed E-state index contributed by atoms with van der Waals surface area (Å²) in [6.07, 6.45) is 0. The average Bonchev–Trinajstić information content (AvgIpc) is 2.68. The molecule has 1 saturated heterocycles. The summed E-state index contributed by atoms with van der Waals surface area (Å²) >= 11 is 1.57. The second kappa shape index (κ2) is 9.76. The molecule has 3 rings (SSSR count). The molecular formula is C21H26N2O2S. The van der Waals surface area contributed by atoms with Crippen molar-refractivity contribution in [3.63, 3.8) is 0 Å². The zero-order chi connectivity index (χ0) is 18.2. The highest BCUT2D eigenvalue weighted by Crippen LogP contribution is 2.18. The molecule has 1 aliphatic heterocycles. The monoisotopic (exact) mass is 370 g/mol. The fourth-order valence-electron chi connectivity index (χ4n) is 2.91. The van der Waals surface area contributed by atoms with Gasteiger partial charge in [0.15, 0.2) is 0 Å². The average molecular weight is 371 g/mol. The lowest BCUT2D eigenvalue weighted by Gasteiger charge is -2.27. The van der Waals surface area contributed by atoms with Crippen LogP contribution < -0.4 is 5.32 Å². The Bertz CT molecular complexity index is 712. The fourth-order valence-corrected chi connectivity index (χ4v) is 3.64. The Morgan fingerprint density at radius 1 is 1.08 bits per heavy atom. The number of hydrogen-bond donors (Lipinski definition) is 1. The van der Waals surface area contributed by atoms with E-state index in [9.17, 15) is 4.79 Å². The van der Waals surface area contributed by atoms with Gasteiger partial charge in [-0.1, -0.05) is 42.0 Å². The number of rotatable bonds is 7. The molecule has 2 aromatic carbocycles. The largest absolute Gasteiger partial charge is 0.379 e. The van der Waals surface area contributed by atoms with Crippen LogP contribution in [-0.2, 0) is 22.6 Å². The van der Waals surface area contributed by atoms with E-state index < -0.39 is 0 Å². The minimum atomic E-state index is 0.0664. The standard InChI is InChI=1S/C21H26N2O2S/c1-17-6-8-20(9-7-17)26-16-21(24)22-14-18-4-2-3-5-19(18)15-23-10-12-25-13-11-23/h2-9H,10-16H2,1H3,(H,22,24). The van der Waals surface area contributed by atoms with Crippen LogP contribution in [-0.4, -0.2) is 42.9 Å². The van der Waals surface area contributed by atoms with Gasteiger partial charge in [0.1, 0.15) is 0 Å². The quantitative estimate of drug-likeness (QED) is 0.760. The maximum atomic E-state index is 12.2. The Hall–Kier alpha value is -1.82. The minimum absolute atomic E-state index is 0.0664. The fraction of sp³-hybridized carbons (Fsp3) is 0.381. The van der Waals surface area contributed by atoms with E-state index in [1.807, 2.05) is 6.07 Å². The summed E-state index contributed by atoms with van der Waals surface area (Å²) in [4.78, 5) is 15.7. The van der Waals surface area contributed by atoms with Gasteiger partial charge in [0.25, 0.3) is 0 Å². The van der Waals surface area contributed by atoms with Crippen LogP contribution in [0.3, 0.4) is 0 Å². The van der Waals surface area contributed by atoms with Gasteiger partial charge >= 0.3 is 0 Å². The van der Waals surface area contributed by atoms with Crippen LogP contribution in [0.5, 0.6) is 0 Å². The zero-order valence-corrected chi connectivity index (χ0v) is 16.1. The highest BCUT2D eigenvalue weighted by Gasteiger charge is 2.13. The third kappa shape index (κ3) is 5.87. The van der Waals surface area contributed by atoms with E-state index in [2.05, 4.69) is 59.6 Å². The molecule has 1 N–H and O–H groups in total. The molecule has 138 valence electrons. The Balaban J connectivity index is 1.49. The van der Waals surface area contributed by atoms with Crippen LogP contribution in [0.15, 0.2) is 53.4 Å². The summed E-state index contributed by atoms with van der Waals surface area (Å²) in [5, 5.41) is 3.06. The van der Waals surface area contributed by atoms with E-state index in [1.54, 1.807) is 11.8 Å². The lowest BCUT2D eigenvalue weighted by molar-refractivity contribution is -0.118. The van der Waals surface area contributed by atoms with Crippen molar-refractivity contribution in [3.05, 3.63) is 65.2 Å². The van der Waals surface area contributed by atoms with Gasteiger partial charge in [-0.3, -0.25) is 9.69 Å². The molecule has 0 radical (unpaired) electrons. The molecule has 1 heterocycles. The molecule has 2 aromatic rings. The number of amides is 1. The topological polar surface area (TPSA) is 41.6 Å². The maximum absolute atomic E-state index is 12.2. The number of morpholine rings is 1. The molecule has 1 aliphatic rings. The summed E-state index contributed by atoms with van der Waals surface area (Å²) < 4.78 is 5.42. The van der Waals surface area contributed by atoms with Crippen molar-refractivity contribution >= 4 is 17.7 Å². The third-order valence-corrected chi connectivity index (χ3v) is 5.49. The number of nitrogens with zero attached hydrogens (tertiary/aromatic N) is 1. The lowest BCUT2D eigenvalue weighted by atomic mass is 10.1. The highest BCUT2D eigenvalue weighted by atomic mass is 32.2. The molecule has 5 heteroatoms. The molecule has 1 fully saturated rings. The van der Waals surface area contributed by atoms with Crippen LogP contribution in [0.4, 0.5) is 0 Å². The molecule has 0 atom stereocenters. The molecule has 0 aliphatic carbocycles. The van der Waals surface area contributed by atoms with Crippen molar-refractivity contribution in [3.8, 4) is 0 Å². The third-order valence-electron chi connectivity index (χ3n) is 4.48. The second-order valence-electron chi connectivity index (χ2n) is 6.54. The Morgan fingerprint density at radius 2 is 1.77 bits per heavy atom. The van der Waals surface area contributed by atoms with Crippen LogP contribution >= 0.6 is 11.8 Å². The number of hydrogen-bond acceptors (Lipinski definition) is 4. The van der Waals surface area contributed by atoms with E-state index in [0.29, 0.717) is 12.3 Å². The van der Waals surface area contributed by atoms with E-state index in [4.69, 9.17) is 4.74 Å². The zero-order valence-electron chi connectivity index (χ0n) is 15.2. The summed E-state index contributed by atoms with van der Waals surface area (Å²) in [5.41, 5.74) is 3.70. The van der Waals surface area contributed by atoms with Crippen molar-refractivity contribution < 1.29 is 9.53 Å².